The van der Waals surface area contributed by atoms with Crippen LogP contribution >= 0.6 is 35.6 Å². The first-order valence-corrected chi connectivity index (χ1v) is 10.5. The minimum absolute atomic E-state index is 0. The molecule has 0 bridgehead atoms. The zero-order chi connectivity index (χ0) is 17.2. The summed E-state index contributed by atoms with van der Waals surface area (Å²) >= 11 is 11.8. The van der Waals surface area contributed by atoms with Crippen LogP contribution in [0.4, 0.5) is 0 Å². The average Bonchev–Trinajstić information content (AvgIpc) is 2.58. The van der Waals surface area contributed by atoms with Crippen molar-refractivity contribution < 1.29 is 8.42 Å². The topological polar surface area (TPSA) is 52.7 Å². The van der Waals surface area contributed by atoms with Gasteiger partial charge >= 0.3 is 0 Å². The van der Waals surface area contributed by atoms with Crippen molar-refractivity contribution in [1.29, 1.82) is 0 Å². The van der Waals surface area contributed by atoms with Crippen LogP contribution in [-0.2, 0) is 10.0 Å². The summed E-state index contributed by atoms with van der Waals surface area (Å²) in [5.41, 5.74) is 0. The molecule has 2 fully saturated rings. The summed E-state index contributed by atoms with van der Waals surface area (Å²) in [6.45, 7) is 5.82. The number of hydrogen-bond donors (Lipinski definition) is 1. The Morgan fingerprint density at radius 1 is 1.12 bits per heavy atom. The van der Waals surface area contributed by atoms with Crippen molar-refractivity contribution in [2.75, 3.05) is 45.8 Å². The molecule has 2 aliphatic heterocycles. The number of rotatable bonds is 4. The molecule has 25 heavy (non-hydrogen) atoms. The number of halogens is 3. The van der Waals surface area contributed by atoms with Crippen LogP contribution < -0.4 is 5.32 Å². The van der Waals surface area contributed by atoms with Gasteiger partial charge in [-0.25, -0.2) is 8.42 Å². The van der Waals surface area contributed by atoms with E-state index >= 15 is 0 Å². The summed E-state index contributed by atoms with van der Waals surface area (Å²) < 4.78 is 27.0. The predicted molar refractivity (Wildman–Crippen MR) is 105 cm³/mol. The fraction of sp³-hybridized carbons (Fsp3) is 0.625. The Morgan fingerprint density at radius 2 is 1.84 bits per heavy atom. The summed E-state index contributed by atoms with van der Waals surface area (Å²) in [6, 6.07) is 4.48. The predicted octanol–water partition coefficient (Wildman–Crippen LogP) is 2.72. The van der Waals surface area contributed by atoms with Gasteiger partial charge in [0, 0.05) is 32.7 Å². The molecular weight excluding hydrogens is 405 g/mol. The lowest BCUT2D eigenvalue weighted by atomic mass is 9.99. The number of benzene rings is 1. The molecule has 2 aliphatic rings. The van der Waals surface area contributed by atoms with Crippen molar-refractivity contribution in [1.82, 2.24) is 14.5 Å². The Hall–Kier alpha value is -0.0800. The first-order valence-electron chi connectivity index (χ1n) is 8.35. The van der Waals surface area contributed by atoms with Crippen LogP contribution in [-0.4, -0.2) is 63.4 Å². The summed E-state index contributed by atoms with van der Waals surface area (Å²) in [5.74, 6) is 0.678. The normalized spacial score (nSPS) is 23.2. The van der Waals surface area contributed by atoms with Gasteiger partial charge in [0.1, 0.15) is 0 Å². The highest BCUT2D eigenvalue weighted by atomic mass is 35.5. The fourth-order valence-electron chi connectivity index (χ4n) is 3.38. The van der Waals surface area contributed by atoms with Crippen molar-refractivity contribution in [2.45, 2.75) is 17.7 Å². The maximum absolute atomic E-state index is 12.7. The lowest BCUT2D eigenvalue weighted by Gasteiger charge is -2.36. The standard InChI is InChI=1S/C16H23Cl2N3O2S.ClH/c17-15-4-3-14(10-16(15)18)24(22,23)21-8-6-20(7-9-21)12-13-2-1-5-19-11-13;/h3-4,10,13,19H,1-2,5-9,11-12H2;1H. The lowest BCUT2D eigenvalue weighted by Crippen LogP contribution is -2.50. The van der Waals surface area contributed by atoms with Crippen LogP contribution in [0.25, 0.3) is 0 Å². The molecule has 2 heterocycles. The average molecular weight is 429 g/mol. The van der Waals surface area contributed by atoms with E-state index in [0.29, 0.717) is 24.0 Å². The van der Waals surface area contributed by atoms with E-state index < -0.39 is 10.0 Å². The van der Waals surface area contributed by atoms with Crippen molar-refractivity contribution in [3.05, 3.63) is 28.2 Å². The number of nitrogens with zero attached hydrogens (tertiary/aromatic N) is 2. The zero-order valence-corrected chi connectivity index (χ0v) is 17.1. The molecule has 142 valence electrons. The Balaban J connectivity index is 0.00000225. The van der Waals surface area contributed by atoms with Gasteiger partial charge < -0.3 is 10.2 Å². The van der Waals surface area contributed by atoms with E-state index in [0.717, 1.165) is 32.7 Å². The van der Waals surface area contributed by atoms with Gasteiger partial charge in [0.2, 0.25) is 10.0 Å². The van der Waals surface area contributed by atoms with Crippen LogP contribution in [0.5, 0.6) is 0 Å². The number of piperidine rings is 1. The molecule has 3 rings (SSSR count). The Bertz CT molecular complexity index is 673. The van der Waals surface area contributed by atoms with Crippen molar-refractivity contribution in [2.24, 2.45) is 5.92 Å². The minimum Gasteiger partial charge on any atom is -0.316 e. The van der Waals surface area contributed by atoms with E-state index in [9.17, 15) is 8.42 Å². The van der Waals surface area contributed by atoms with Crippen molar-refractivity contribution in [3.63, 3.8) is 0 Å². The monoisotopic (exact) mass is 427 g/mol. The Kier molecular flexibility index (Phi) is 7.83. The van der Waals surface area contributed by atoms with E-state index in [4.69, 9.17) is 23.2 Å². The van der Waals surface area contributed by atoms with E-state index in [1.54, 1.807) is 4.31 Å². The fourth-order valence-corrected chi connectivity index (χ4v) is 5.20. The smallest absolute Gasteiger partial charge is 0.243 e. The second-order valence-corrected chi connectivity index (χ2v) is 9.25. The molecule has 1 atom stereocenters. The molecule has 1 N–H and O–H groups in total. The van der Waals surface area contributed by atoms with E-state index in [1.165, 1.54) is 31.0 Å². The summed E-state index contributed by atoms with van der Waals surface area (Å²) in [5, 5.41) is 4.06. The van der Waals surface area contributed by atoms with Crippen LogP contribution in [0, 0.1) is 5.92 Å². The minimum atomic E-state index is -3.51. The molecule has 1 aromatic carbocycles. The third-order valence-electron chi connectivity index (χ3n) is 4.78. The van der Waals surface area contributed by atoms with Gasteiger partial charge in [-0.05, 0) is 50.0 Å². The van der Waals surface area contributed by atoms with E-state index in [-0.39, 0.29) is 22.3 Å². The highest BCUT2D eigenvalue weighted by Crippen LogP contribution is 2.27. The van der Waals surface area contributed by atoms with Gasteiger partial charge in [0.05, 0.1) is 14.9 Å². The number of hydrogen-bond acceptors (Lipinski definition) is 4. The highest BCUT2D eigenvalue weighted by molar-refractivity contribution is 7.89. The molecule has 0 spiro atoms. The number of nitrogens with one attached hydrogen (secondary N) is 1. The highest BCUT2D eigenvalue weighted by Gasteiger charge is 2.29. The largest absolute Gasteiger partial charge is 0.316 e. The van der Waals surface area contributed by atoms with E-state index in [2.05, 4.69) is 10.2 Å². The van der Waals surface area contributed by atoms with Gasteiger partial charge in [-0.1, -0.05) is 23.2 Å². The molecule has 9 heteroatoms. The second-order valence-electron chi connectivity index (χ2n) is 6.49. The van der Waals surface area contributed by atoms with Gasteiger partial charge in [-0.2, -0.15) is 4.31 Å². The van der Waals surface area contributed by atoms with Crippen LogP contribution in [0.2, 0.25) is 10.0 Å². The zero-order valence-electron chi connectivity index (χ0n) is 14.0. The molecule has 0 aliphatic carbocycles. The SMILES string of the molecule is Cl.O=S(=O)(c1ccc(Cl)c(Cl)c1)N1CCN(CC2CCCNC2)CC1. The van der Waals surface area contributed by atoms with Gasteiger partial charge in [-0.3, -0.25) is 0 Å². The summed E-state index contributed by atoms with van der Waals surface area (Å²) in [6.07, 6.45) is 2.49. The van der Waals surface area contributed by atoms with Crippen LogP contribution in [0.1, 0.15) is 12.8 Å². The lowest BCUT2D eigenvalue weighted by molar-refractivity contribution is 0.154. The van der Waals surface area contributed by atoms with Gasteiger partial charge in [-0.15, -0.1) is 12.4 Å². The maximum Gasteiger partial charge on any atom is 0.243 e. The summed E-state index contributed by atoms with van der Waals surface area (Å²) in [7, 11) is -3.51. The molecule has 0 aromatic heterocycles. The first kappa shape index (κ1) is 21.2. The van der Waals surface area contributed by atoms with Crippen molar-refractivity contribution in [3.8, 4) is 0 Å². The van der Waals surface area contributed by atoms with Gasteiger partial charge in [0.25, 0.3) is 0 Å². The number of piperazine rings is 1. The van der Waals surface area contributed by atoms with Crippen LogP contribution in [0.15, 0.2) is 23.1 Å². The Labute approximate surface area is 166 Å². The van der Waals surface area contributed by atoms with Crippen molar-refractivity contribution >= 4 is 45.6 Å². The molecule has 0 saturated carbocycles. The summed E-state index contributed by atoms with van der Waals surface area (Å²) in [4.78, 5) is 2.58. The molecule has 0 radical (unpaired) electrons. The molecule has 1 aromatic rings. The van der Waals surface area contributed by atoms with E-state index in [1.807, 2.05) is 0 Å². The second kappa shape index (κ2) is 9.22. The molecule has 5 nitrogen and oxygen atoms in total. The number of sulfonamides is 1. The molecular formula is C16H24Cl3N3O2S. The van der Waals surface area contributed by atoms with Gasteiger partial charge in [0.15, 0.2) is 0 Å². The maximum atomic E-state index is 12.7. The third-order valence-corrected chi connectivity index (χ3v) is 7.41. The first-order chi connectivity index (χ1) is 11.5. The third kappa shape index (κ3) is 5.22. The van der Waals surface area contributed by atoms with Crippen LogP contribution in [0.3, 0.4) is 0 Å². The molecule has 2 saturated heterocycles. The molecule has 0 amide bonds. The quantitative estimate of drug-likeness (QED) is 0.801. The molecule has 1 unspecified atom stereocenters. The Morgan fingerprint density at radius 3 is 2.44 bits per heavy atom.